The number of aromatic nitrogens is 2. The number of nitrogens with zero attached hydrogens (tertiary/aromatic N) is 3. The molecule has 1 aliphatic carbocycles. The third kappa shape index (κ3) is 3.40. The van der Waals surface area contributed by atoms with Crippen molar-refractivity contribution in [3.63, 3.8) is 0 Å². The Morgan fingerprint density at radius 3 is 2.92 bits per heavy atom. The highest BCUT2D eigenvalue weighted by atomic mass is 19.1. The van der Waals surface area contributed by atoms with Crippen LogP contribution in [0.1, 0.15) is 42.5 Å². The summed E-state index contributed by atoms with van der Waals surface area (Å²) in [5, 5.41) is 8.28. The lowest BCUT2D eigenvalue weighted by molar-refractivity contribution is 0.290. The van der Waals surface area contributed by atoms with Crippen molar-refractivity contribution in [2.45, 2.75) is 38.3 Å². The zero-order valence-corrected chi connectivity index (χ0v) is 15.0. The molecule has 4 rings (SSSR count). The fourth-order valence-corrected chi connectivity index (χ4v) is 4.22. The minimum Gasteiger partial charge on any atom is -0.300 e. The predicted molar refractivity (Wildman–Crippen MR) is 98.0 cm³/mol. The molecular formula is C21H23F2N3. The fraction of sp³-hybridized carbons (Fsp3) is 0.429. The Balaban J connectivity index is 1.63. The van der Waals surface area contributed by atoms with Crippen LogP contribution in [0.3, 0.4) is 0 Å². The van der Waals surface area contributed by atoms with Crippen LogP contribution in [0.2, 0.25) is 0 Å². The number of likely N-dealkylation sites (tertiary alicyclic amines) is 1. The first kappa shape index (κ1) is 17.3. The van der Waals surface area contributed by atoms with E-state index in [1.165, 1.54) is 17.2 Å². The molecule has 1 aliphatic heterocycles. The van der Waals surface area contributed by atoms with Gasteiger partial charge in [-0.25, -0.2) is 8.78 Å². The first-order chi connectivity index (χ1) is 12.6. The molecular weight excluding hydrogens is 332 g/mol. The Morgan fingerprint density at radius 2 is 2.19 bits per heavy atom. The van der Waals surface area contributed by atoms with E-state index in [9.17, 15) is 8.78 Å². The van der Waals surface area contributed by atoms with Crippen LogP contribution in [0, 0.1) is 5.82 Å². The van der Waals surface area contributed by atoms with Crippen molar-refractivity contribution in [2.24, 2.45) is 0 Å². The van der Waals surface area contributed by atoms with Gasteiger partial charge in [-0.1, -0.05) is 18.6 Å². The Bertz CT molecular complexity index is 819. The number of benzene rings is 1. The molecule has 1 aromatic carbocycles. The molecule has 2 unspecified atom stereocenters. The summed E-state index contributed by atoms with van der Waals surface area (Å²) in [6.45, 7) is 4.34. The van der Waals surface area contributed by atoms with Crippen LogP contribution < -0.4 is 0 Å². The highest BCUT2D eigenvalue weighted by Gasteiger charge is 2.28. The molecule has 2 aromatic rings. The average molecular weight is 355 g/mol. The van der Waals surface area contributed by atoms with Gasteiger partial charge in [0.05, 0.1) is 5.69 Å². The van der Waals surface area contributed by atoms with Crippen molar-refractivity contribution in [1.82, 2.24) is 15.1 Å². The highest BCUT2D eigenvalue weighted by molar-refractivity contribution is 5.80. The second-order valence-corrected chi connectivity index (χ2v) is 7.30. The standard InChI is InChI=1S/C21H23F2N3/c1-14(20-3-2-8-24-25-20)21-15(6-9-26-10-7-18(23)13-26)11-16-12-17(22)4-5-19(16)21/h2-5,8,12,14,18H,6-7,9-11,13H2,1H3. The van der Waals surface area contributed by atoms with Gasteiger partial charge < -0.3 is 4.90 Å². The molecule has 5 heteroatoms. The van der Waals surface area contributed by atoms with Gasteiger partial charge in [0.1, 0.15) is 12.0 Å². The molecule has 0 spiro atoms. The molecule has 136 valence electrons. The average Bonchev–Trinajstić information content (AvgIpc) is 3.22. The molecule has 2 aliphatic rings. The van der Waals surface area contributed by atoms with Crippen molar-refractivity contribution >= 4 is 5.57 Å². The molecule has 3 nitrogen and oxygen atoms in total. The Kier molecular flexibility index (Phi) is 4.81. The van der Waals surface area contributed by atoms with E-state index in [-0.39, 0.29) is 11.7 Å². The summed E-state index contributed by atoms with van der Waals surface area (Å²) in [7, 11) is 0. The largest absolute Gasteiger partial charge is 0.300 e. The number of fused-ring (bicyclic) bond motifs is 1. The zero-order valence-electron chi connectivity index (χ0n) is 15.0. The number of hydrogen-bond donors (Lipinski definition) is 0. The number of halogens is 2. The van der Waals surface area contributed by atoms with Gasteiger partial charge in [0, 0.05) is 31.7 Å². The van der Waals surface area contributed by atoms with Crippen LogP contribution in [0.15, 0.2) is 42.1 Å². The molecule has 26 heavy (non-hydrogen) atoms. The maximum Gasteiger partial charge on any atom is 0.123 e. The Morgan fingerprint density at radius 1 is 1.31 bits per heavy atom. The van der Waals surface area contributed by atoms with Crippen LogP contribution in [-0.2, 0) is 6.42 Å². The first-order valence-corrected chi connectivity index (χ1v) is 9.26. The number of rotatable bonds is 5. The van der Waals surface area contributed by atoms with Gasteiger partial charge in [-0.2, -0.15) is 10.2 Å². The molecule has 1 saturated heterocycles. The third-order valence-corrected chi connectivity index (χ3v) is 5.56. The normalized spacial score (nSPS) is 21.3. The molecule has 2 atom stereocenters. The van der Waals surface area contributed by atoms with E-state index < -0.39 is 6.17 Å². The number of allylic oxidation sites excluding steroid dienone is 1. The van der Waals surface area contributed by atoms with Crippen LogP contribution >= 0.6 is 0 Å². The highest BCUT2D eigenvalue weighted by Crippen LogP contribution is 2.42. The van der Waals surface area contributed by atoms with Gasteiger partial charge in [0.25, 0.3) is 0 Å². The van der Waals surface area contributed by atoms with Gasteiger partial charge in [-0.15, -0.1) is 0 Å². The molecule has 0 bridgehead atoms. The number of hydrogen-bond acceptors (Lipinski definition) is 3. The molecule has 0 radical (unpaired) electrons. The van der Waals surface area contributed by atoms with E-state index in [0.29, 0.717) is 13.0 Å². The molecule has 0 amide bonds. The minimum absolute atomic E-state index is 0.0953. The van der Waals surface area contributed by atoms with Crippen LogP contribution in [0.25, 0.3) is 5.57 Å². The van der Waals surface area contributed by atoms with Crippen molar-refractivity contribution in [3.8, 4) is 0 Å². The summed E-state index contributed by atoms with van der Waals surface area (Å²) in [5.41, 5.74) is 5.62. The number of alkyl halides is 1. The smallest absolute Gasteiger partial charge is 0.123 e. The molecule has 2 heterocycles. The maximum absolute atomic E-state index is 13.7. The van der Waals surface area contributed by atoms with Gasteiger partial charge in [0.15, 0.2) is 0 Å². The molecule has 1 aromatic heterocycles. The summed E-state index contributed by atoms with van der Waals surface area (Å²) in [4.78, 5) is 2.19. The van der Waals surface area contributed by atoms with E-state index in [1.54, 1.807) is 12.3 Å². The summed E-state index contributed by atoms with van der Waals surface area (Å²) in [6.07, 6.45) is 3.25. The second kappa shape index (κ2) is 7.23. The van der Waals surface area contributed by atoms with E-state index in [0.717, 1.165) is 42.8 Å². The monoisotopic (exact) mass is 355 g/mol. The summed E-state index contributed by atoms with van der Waals surface area (Å²) in [5.74, 6) is -0.103. The Hall–Kier alpha value is -2.14. The Labute approximate surface area is 152 Å². The lowest BCUT2D eigenvalue weighted by atomic mass is 9.90. The fourth-order valence-electron chi connectivity index (χ4n) is 4.22. The predicted octanol–water partition coefficient (Wildman–Crippen LogP) is 4.16. The van der Waals surface area contributed by atoms with Gasteiger partial charge in [0.2, 0.25) is 0 Å². The third-order valence-electron chi connectivity index (χ3n) is 5.56. The maximum atomic E-state index is 13.7. The van der Waals surface area contributed by atoms with Gasteiger partial charge in [-0.3, -0.25) is 0 Å². The van der Waals surface area contributed by atoms with E-state index >= 15 is 0 Å². The first-order valence-electron chi connectivity index (χ1n) is 9.26. The van der Waals surface area contributed by atoms with Gasteiger partial charge in [-0.05, 0) is 60.2 Å². The van der Waals surface area contributed by atoms with E-state index in [4.69, 9.17) is 0 Å². The topological polar surface area (TPSA) is 29.0 Å². The molecule has 1 fully saturated rings. The van der Waals surface area contributed by atoms with Crippen molar-refractivity contribution < 1.29 is 8.78 Å². The van der Waals surface area contributed by atoms with E-state index in [2.05, 4.69) is 22.0 Å². The van der Waals surface area contributed by atoms with Crippen molar-refractivity contribution in [1.29, 1.82) is 0 Å². The second-order valence-electron chi connectivity index (χ2n) is 7.30. The molecule has 0 saturated carbocycles. The quantitative estimate of drug-likeness (QED) is 0.806. The van der Waals surface area contributed by atoms with Gasteiger partial charge >= 0.3 is 0 Å². The van der Waals surface area contributed by atoms with Crippen LogP contribution in [-0.4, -0.2) is 40.9 Å². The van der Waals surface area contributed by atoms with Crippen LogP contribution in [0.4, 0.5) is 8.78 Å². The van der Waals surface area contributed by atoms with Crippen molar-refractivity contribution in [2.75, 3.05) is 19.6 Å². The lowest BCUT2D eigenvalue weighted by Gasteiger charge is -2.19. The van der Waals surface area contributed by atoms with Crippen LogP contribution in [0.5, 0.6) is 0 Å². The minimum atomic E-state index is -0.697. The summed E-state index contributed by atoms with van der Waals surface area (Å²) >= 11 is 0. The SMILES string of the molecule is CC(C1=C(CCN2CCC(F)C2)Cc2cc(F)ccc21)c1cccnn1. The molecule has 0 N–H and O–H groups in total. The van der Waals surface area contributed by atoms with E-state index in [1.807, 2.05) is 18.2 Å². The zero-order chi connectivity index (χ0) is 18.1. The summed E-state index contributed by atoms with van der Waals surface area (Å²) < 4.78 is 27.2. The van der Waals surface area contributed by atoms with Crippen molar-refractivity contribution in [3.05, 3.63) is 64.7 Å². The lowest BCUT2D eigenvalue weighted by Crippen LogP contribution is -2.22. The summed E-state index contributed by atoms with van der Waals surface area (Å²) in [6, 6.07) is 8.93.